The first-order valence-electron chi connectivity index (χ1n) is 8.87. The summed E-state index contributed by atoms with van der Waals surface area (Å²) in [6, 6.07) is 5.58. The molecule has 26 heavy (non-hydrogen) atoms. The van der Waals surface area contributed by atoms with Crippen molar-refractivity contribution in [2.45, 2.75) is 59.6 Å². The van der Waals surface area contributed by atoms with E-state index in [4.69, 9.17) is 4.74 Å². The second-order valence-electron chi connectivity index (χ2n) is 8.48. The molecule has 1 unspecified atom stereocenters. The number of allylic oxidation sites excluding steroid dienone is 1. The van der Waals surface area contributed by atoms with Crippen molar-refractivity contribution in [2.75, 3.05) is 18.2 Å². The van der Waals surface area contributed by atoms with Crippen LogP contribution in [0.4, 0.5) is 10.1 Å². The Labute approximate surface area is 156 Å². The van der Waals surface area contributed by atoms with Gasteiger partial charge in [0.1, 0.15) is 5.82 Å². The lowest BCUT2D eigenvalue weighted by atomic mass is 9.88. The highest BCUT2D eigenvalue weighted by Crippen LogP contribution is 2.26. The van der Waals surface area contributed by atoms with Crippen molar-refractivity contribution in [1.29, 1.82) is 0 Å². The van der Waals surface area contributed by atoms with Crippen LogP contribution in [0.25, 0.3) is 0 Å². The maximum atomic E-state index is 13.4. The van der Waals surface area contributed by atoms with Crippen LogP contribution < -0.4 is 10.3 Å². The lowest BCUT2D eigenvalue weighted by Gasteiger charge is -2.31. The second-order valence-corrected chi connectivity index (χ2v) is 8.48. The molecule has 0 fully saturated rings. The van der Waals surface area contributed by atoms with Gasteiger partial charge >= 0.3 is 0 Å². The average Bonchev–Trinajstić information content (AvgIpc) is 2.51. The van der Waals surface area contributed by atoms with Crippen molar-refractivity contribution in [3.05, 3.63) is 47.3 Å². The molecule has 0 bridgehead atoms. The molecular formula is C20H32FN3O2. The zero-order valence-electron chi connectivity index (χ0n) is 16.8. The average molecular weight is 365 g/mol. The van der Waals surface area contributed by atoms with E-state index in [-0.39, 0.29) is 17.1 Å². The molecule has 5 nitrogen and oxygen atoms in total. The van der Waals surface area contributed by atoms with Gasteiger partial charge in [0.15, 0.2) is 0 Å². The number of nitrogens with zero attached hydrogens (tertiary/aromatic N) is 2. The lowest BCUT2D eigenvalue weighted by molar-refractivity contribution is -0.0430. The number of hydrogen-bond donors (Lipinski definition) is 1. The van der Waals surface area contributed by atoms with Crippen molar-refractivity contribution in [2.24, 2.45) is 10.7 Å². The quantitative estimate of drug-likeness (QED) is 0.466. The molecule has 146 valence electrons. The highest BCUT2D eigenvalue weighted by molar-refractivity contribution is 5.46. The van der Waals surface area contributed by atoms with Gasteiger partial charge in [0.25, 0.3) is 0 Å². The summed E-state index contributed by atoms with van der Waals surface area (Å²) < 4.78 is 19.2. The van der Waals surface area contributed by atoms with Crippen LogP contribution in [0.5, 0.6) is 0 Å². The van der Waals surface area contributed by atoms with Crippen LogP contribution in [-0.2, 0) is 4.74 Å². The van der Waals surface area contributed by atoms with Gasteiger partial charge in [-0.25, -0.2) is 9.40 Å². The van der Waals surface area contributed by atoms with Gasteiger partial charge < -0.3 is 10.1 Å². The number of anilines is 1. The topological polar surface area (TPSA) is 53.9 Å². The molecule has 0 radical (unpaired) electrons. The fourth-order valence-corrected chi connectivity index (χ4v) is 2.48. The number of nitrogens with one attached hydrogen (secondary N) is 1. The maximum Gasteiger partial charge on any atom is 0.125 e. The Bertz CT molecular complexity index is 611. The van der Waals surface area contributed by atoms with E-state index < -0.39 is 5.82 Å². The predicted molar refractivity (Wildman–Crippen MR) is 105 cm³/mol. The second kappa shape index (κ2) is 9.12. The first-order chi connectivity index (χ1) is 11.9. The van der Waals surface area contributed by atoms with E-state index >= 15 is 0 Å². The molecule has 1 atom stereocenters. The number of halogens is 1. The predicted octanol–water partition coefficient (Wildman–Crippen LogP) is 5.04. The molecule has 0 spiro atoms. The molecule has 0 saturated carbocycles. The van der Waals surface area contributed by atoms with E-state index in [9.17, 15) is 9.30 Å². The fourth-order valence-electron chi connectivity index (χ4n) is 2.48. The fraction of sp³-hybridized carbons (Fsp3) is 0.600. The summed E-state index contributed by atoms with van der Waals surface area (Å²) in [5.41, 5.74) is 1.05. The highest BCUT2D eigenvalue weighted by Gasteiger charge is 2.23. The van der Waals surface area contributed by atoms with E-state index in [1.807, 2.05) is 27.7 Å². The monoisotopic (exact) mass is 365 g/mol. The molecule has 1 N–H and O–H groups in total. The molecule has 1 aromatic rings. The van der Waals surface area contributed by atoms with E-state index in [1.54, 1.807) is 12.1 Å². The summed E-state index contributed by atoms with van der Waals surface area (Å²) >= 11 is 0. The third-order valence-electron chi connectivity index (χ3n) is 3.81. The van der Waals surface area contributed by atoms with Crippen molar-refractivity contribution < 1.29 is 9.13 Å². The van der Waals surface area contributed by atoms with Crippen molar-refractivity contribution >= 4 is 5.69 Å². The standard InChI is InChI=1S/C20H32FN3O2/c1-15(12-20(6,7)14-26-19(3,4)5)22-13-16(2)24(23-25)18-10-8-9-17(21)11-18/h8-11,16,22H,1,12-14H2,2-7H3. The molecule has 0 saturated heterocycles. The first kappa shape index (κ1) is 22.1. The van der Waals surface area contributed by atoms with Gasteiger partial charge in [-0.3, -0.25) is 0 Å². The van der Waals surface area contributed by atoms with Crippen LogP contribution in [0.15, 0.2) is 41.8 Å². The number of nitroso groups, excluding NO2 is 1. The van der Waals surface area contributed by atoms with Gasteiger partial charge in [-0.05, 0) is 57.7 Å². The molecular weight excluding hydrogens is 333 g/mol. The SMILES string of the molecule is C=C(CC(C)(C)COC(C)(C)C)NCC(C)N(N=O)c1cccc(F)c1. The minimum absolute atomic E-state index is 0.0637. The van der Waals surface area contributed by atoms with Crippen LogP contribution >= 0.6 is 0 Å². The van der Waals surface area contributed by atoms with Gasteiger partial charge in [0.2, 0.25) is 0 Å². The number of rotatable bonds is 10. The summed E-state index contributed by atoms with van der Waals surface area (Å²) in [5, 5.41) is 7.55. The van der Waals surface area contributed by atoms with Crippen LogP contribution in [0.2, 0.25) is 0 Å². The van der Waals surface area contributed by atoms with Crippen LogP contribution in [-0.4, -0.2) is 24.8 Å². The molecule has 0 heterocycles. The molecule has 1 rings (SSSR count). The zero-order chi connectivity index (χ0) is 20.0. The first-order valence-corrected chi connectivity index (χ1v) is 8.87. The molecule has 1 aromatic carbocycles. The van der Waals surface area contributed by atoms with Gasteiger partial charge in [0, 0.05) is 12.2 Å². The molecule has 6 heteroatoms. The van der Waals surface area contributed by atoms with Crippen LogP contribution in [0.3, 0.4) is 0 Å². The summed E-state index contributed by atoms with van der Waals surface area (Å²) in [4.78, 5) is 11.2. The molecule has 0 aliphatic heterocycles. The zero-order valence-corrected chi connectivity index (χ0v) is 16.8. The normalized spacial score (nSPS) is 13.2. The summed E-state index contributed by atoms with van der Waals surface area (Å²) in [5.74, 6) is -0.402. The number of ether oxygens (including phenoxy) is 1. The Hall–Kier alpha value is -1.95. The van der Waals surface area contributed by atoms with Gasteiger partial charge in [-0.1, -0.05) is 26.5 Å². The third kappa shape index (κ3) is 7.95. The minimum atomic E-state index is -0.402. The van der Waals surface area contributed by atoms with Gasteiger partial charge in [-0.2, -0.15) is 0 Å². The lowest BCUT2D eigenvalue weighted by Crippen LogP contribution is -2.37. The number of hydrogen-bond acceptors (Lipinski definition) is 4. The molecule has 0 aliphatic carbocycles. The largest absolute Gasteiger partial charge is 0.387 e. The van der Waals surface area contributed by atoms with E-state index in [2.05, 4.69) is 31.0 Å². The molecule has 0 aromatic heterocycles. The Kier molecular flexibility index (Phi) is 7.75. The smallest absolute Gasteiger partial charge is 0.125 e. The Morgan fingerprint density at radius 1 is 1.35 bits per heavy atom. The van der Waals surface area contributed by atoms with Gasteiger partial charge in [0.05, 0.1) is 29.2 Å². The van der Waals surface area contributed by atoms with Crippen molar-refractivity contribution in [3.8, 4) is 0 Å². The summed E-state index contributed by atoms with van der Waals surface area (Å²) in [6.07, 6.45) is 0.740. The van der Waals surface area contributed by atoms with E-state index in [0.29, 0.717) is 18.8 Å². The van der Waals surface area contributed by atoms with Crippen molar-refractivity contribution in [1.82, 2.24) is 5.32 Å². The summed E-state index contributed by atoms with van der Waals surface area (Å²) in [7, 11) is 0. The highest BCUT2D eigenvalue weighted by atomic mass is 19.1. The molecule has 0 aliphatic rings. The minimum Gasteiger partial charge on any atom is -0.387 e. The number of benzene rings is 1. The Morgan fingerprint density at radius 2 is 2.00 bits per heavy atom. The van der Waals surface area contributed by atoms with E-state index in [0.717, 1.165) is 12.1 Å². The maximum absolute atomic E-state index is 13.4. The summed E-state index contributed by atoms with van der Waals surface area (Å²) in [6.45, 7) is 17.4. The Balaban J connectivity index is 2.56. The molecule has 0 amide bonds. The van der Waals surface area contributed by atoms with Crippen molar-refractivity contribution in [3.63, 3.8) is 0 Å². The third-order valence-corrected chi connectivity index (χ3v) is 3.81. The van der Waals surface area contributed by atoms with Gasteiger partial charge in [-0.15, -0.1) is 4.91 Å². The Morgan fingerprint density at radius 3 is 2.54 bits per heavy atom. The van der Waals surface area contributed by atoms with Crippen LogP contribution in [0.1, 0.15) is 48.0 Å². The van der Waals surface area contributed by atoms with E-state index in [1.165, 1.54) is 17.1 Å². The van der Waals surface area contributed by atoms with Crippen LogP contribution in [0, 0.1) is 16.1 Å².